The summed E-state index contributed by atoms with van der Waals surface area (Å²) < 4.78 is 3.68. The van der Waals surface area contributed by atoms with Gasteiger partial charge in [-0.3, -0.25) is 9.36 Å². The molecule has 2 N–H and O–H groups in total. The van der Waals surface area contributed by atoms with E-state index in [1.807, 2.05) is 55.1 Å². The molecule has 2 aromatic heterocycles. The SMILES string of the molecule is Cc1nn(Cc2ccc(Cl)c(Cl)c2)c(C)c1NC(=S)Nc1ccn(Cc2ccc(Cl)c(Cl)c2)n1. The van der Waals surface area contributed by atoms with Crippen molar-refractivity contribution in [2.24, 2.45) is 0 Å². The Bertz CT molecular complexity index is 1360. The molecule has 0 bridgehead atoms. The van der Waals surface area contributed by atoms with E-state index in [9.17, 15) is 0 Å². The van der Waals surface area contributed by atoms with Gasteiger partial charge in [-0.05, 0) is 61.5 Å². The van der Waals surface area contributed by atoms with Gasteiger partial charge in [0.2, 0.25) is 0 Å². The number of aromatic nitrogens is 4. The Kier molecular flexibility index (Phi) is 7.70. The van der Waals surface area contributed by atoms with Gasteiger partial charge < -0.3 is 10.6 Å². The largest absolute Gasteiger partial charge is 0.329 e. The first-order valence-electron chi connectivity index (χ1n) is 10.2. The number of rotatable bonds is 6. The highest BCUT2D eigenvalue weighted by Crippen LogP contribution is 2.25. The van der Waals surface area contributed by atoms with E-state index in [2.05, 4.69) is 20.8 Å². The molecule has 2 aromatic carbocycles. The van der Waals surface area contributed by atoms with Crippen molar-refractivity contribution in [3.8, 4) is 0 Å². The van der Waals surface area contributed by atoms with Crippen molar-refractivity contribution in [3.05, 3.63) is 91.3 Å². The summed E-state index contributed by atoms with van der Waals surface area (Å²) in [6, 6.07) is 12.9. The third-order valence-corrected chi connectivity index (χ3v) is 6.83. The normalized spacial score (nSPS) is 11.0. The number of hydrogen-bond acceptors (Lipinski definition) is 3. The maximum Gasteiger partial charge on any atom is 0.176 e. The second-order valence-electron chi connectivity index (χ2n) is 7.68. The average Bonchev–Trinajstić information content (AvgIpc) is 3.32. The minimum Gasteiger partial charge on any atom is -0.329 e. The third-order valence-electron chi connectivity index (χ3n) is 5.15. The lowest BCUT2D eigenvalue weighted by Gasteiger charge is -2.10. The Balaban J connectivity index is 1.40. The molecule has 0 saturated carbocycles. The van der Waals surface area contributed by atoms with E-state index in [0.29, 0.717) is 44.1 Å². The monoisotopic (exact) mass is 552 g/mol. The van der Waals surface area contributed by atoms with Crippen molar-refractivity contribution in [1.82, 2.24) is 19.6 Å². The first kappa shape index (κ1) is 24.8. The molecule has 0 amide bonds. The molecular weight excluding hydrogens is 534 g/mol. The predicted molar refractivity (Wildman–Crippen MR) is 145 cm³/mol. The van der Waals surface area contributed by atoms with Gasteiger partial charge >= 0.3 is 0 Å². The summed E-state index contributed by atoms with van der Waals surface area (Å²) in [6.45, 7) is 5.02. The predicted octanol–water partition coefficient (Wildman–Crippen LogP) is 7.22. The van der Waals surface area contributed by atoms with Crippen LogP contribution in [-0.4, -0.2) is 24.7 Å². The van der Waals surface area contributed by atoms with Crippen molar-refractivity contribution < 1.29 is 0 Å². The maximum absolute atomic E-state index is 6.14. The molecule has 0 saturated heterocycles. The van der Waals surface area contributed by atoms with Crippen LogP contribution in [0.3, 0.4) is 0 Å². The topological polar surface area (TPSA) is 59.7 Å². The Morgan fingerprint density at radius 3 is 2.06 bits per heavy atom. The number of nitrogens with one attached hydrogen (secondary N) is 2. The van der Waals surface area contributed by atoms with Crippen molar-refractivity contribution >= 4 is 75.2 Å². The van der Waals surface area contributed by atoms with Crippen molar-refractivity contribution in [1.29, 1.82) is 0 Å². The fourth-order valence-electron chi connectivity index (χ4n) is 3.45. The van der Waals surface area contributed by atoms with Gasteiger partial charge in [0, 0.05) is 12.3 Å². The molecule has 0 aliphatic carbocycles. The zero-order valence-electron chi connectivity index (χ0n) is 18.2. The fourth-order valence-corrected chi connectivity index (χ4v) is 4.29. The van der Waals surface area contributed by atoms with Crippen LogP contribution in [0.25, 0.3) is 0 Å². The number of aryl methyl sites for hydroxylation is 1. The van der Waals surface area contributed by atoms with Gasteiger partial charge in [0.05, 0.1) is 50.3 Å². The van der Waals surface area contributed by atoms with E-state index < -0.39 is 0 Å². The Morgan fingerprint density at radius 1 is 0.824 bits per heavy atom. The fraction of sp³-hybridized carbons (Fsp3) is 0.174. The standard InChI is InChI=1S/C23H20Cl4N6S/c1-13-22(14(2)33(30-13)12-16-4-6-18(25)20(27)10-16)29-23(34)28-21-7-8-32(31-21)11-15-3-5-17(24)19(26)9-15/h3-10H,11-12H2,1-2H3,(H2,28,29,31,34). The first-order chi connectivity index (χ1) is 16.2. The molecule has 0 spiro atoms. The van der Waals surface area contributed by atoms with E-state index in [1.54, 1.807) is 16.8 Å². The van der Waals surface area contributed by atoms with E-state index in [-0.39, 0.29) is 0 Å². The van der Waals surface area contributed by atoms with Crippen LogP contribution in [0.1, 0.15) is 22.5 Å². The van der Waals surface area contributed by atoms with Gasteiger partial charge in [-0.2, -0.15) is 10.2 Å². The van der Waals surface area contributed by atoms with Crippen LogP contribution in [0.4, 0.5) is 11.5 Å². The van der Waals surface area contributed by atoms with Crippen LogP contribution in [0.15, 0.2) is 48.7 Å². The summed E-state index contributed by atoms with van der Waals surface area (Å²) in [5.74, 6) is 0.621. The average molecular weight is 554 g/mol. The Hall–Kier alpha value is -2.29. The summed E-state index contributed by atoms with van der Waals surface area (Å²) in [4.78, 5) is 0. The molecule has 0 radical (unpaired) electrons. The van der Waals surface area contributed by atoms with Gasteiger partial charge in [0.15, 0.2) is 10.9 Å². The van der Waals surface area contributed by atoms with E-state index in [0.717, 1.165) is 28.2 Å². The molecular formula is C23H20Cl4N6S. The van der Waals surface area contributed by atoms with Gasteiger partial charge in [0.25, 0.3) is 0 Å². The number of hydrogen-bond donors (Lipinski definition) is 2. The highest BCUT2D eigenvalue weighted by atomic mass is 35.5. The molecule has 34 heavy (non-hydrogen) atoms. The van der Waals surface area contributed by atoms with Crippen LogP contribution in [0.5, 0.6) is 0 Å². The summed E-state index contributed by atoms with van der Waals surface area (Å²) in [5, 5.41) is 18.0. The van der Waals surface area contributed by atoms with Gasteiger partial charge in [0.1, 0.15) is 0 Å². The molecule has 6 nitrogen and oxygen atoms in total. The first-order valence-corrected chi connectivity index (χ1v) is 12.1. The van der Waals surface area contributed by atoms with Crippen molar-refractivity contribution in [3.63, 3.8) is 0 Å². The molecule has 2 heterocycles. The number of anilines is 2. The summed E-state index contributed by atoms with van der Waals surface area (Å²) in [6.07, 6.45) is 1.86. The molecule has 0 atom stereocenters. The second kappa shape index (κ2) is 10.5. The lowest BCUT2D eigenvalue weighted by molar-refractivity contribution is 0.659. The van der Waals surface area contributed by atoms with Gasteiger partial charge in [-0.25, -0.2) is 0 Å². The molecule has 0 fully saturated rings. The summed E-state index contributed by atoms with van der Waals surface area (Å²) in [7, 11) is 0. The Morgan fingerprint density at radius 2 is 1.44 bits per heavy atom. The van der Waals surface area contributed by atoms with E-state index in [4.69, 9.17) is 58.6 Å². The highest BCUT2D eigenvalue weighted by Gasteiger charge is 2.14. The van der Waals surface area contributed by atoms with Crippen LogP contribution in [0, 0.1) is 13.8 Å². The molecule has 4 aromatic rings. The second-order valence-corrected chi connectivity index (χ2v) is 9.72. The van der Waals surface area contributed by atoms with E-state index in [1.165, 1.54) is 0 Å². The third kappa shape index (κ3) is 5.85. The lowest BCUT2D eigenvalue weighted by Crippen LogP contribution is -2.20. The molecule has 0 aliphatic heterocycles. The van der Waals surface area contributed by atoms with Gasteiger partial charge in [-0.1, -0.05) is 58.5 Å². The van der Waals surface area contributed by atoms with E-state index >= 15 is 0 Å². The van der Waals surface area contributed by atoms with Crippen molar-refractivity contribution in [2.75, 3.05) is 10.6 Å². The lowest BCUT2D eigenvalue weighted by atomic mass is 10.2. The van der Waals surface area contributed by atoms with Crippen LogP contribution >= 0.6 is 58.6 Å². The Labute approximate surface area is 222 Å². The highest BCUT2D eigenvalue weighted by molar-refractivity contribution is 7.80. The minimum absolute atomic E-state index is 0.417. The quantitative estimate of drug-likeness (QED) is 0.247. The smallest absolute Gasteiger partial charge is 0.176 e. The molecule has 176 valence electrons. The molecule has 0 aliphatic rings. The minimum atomic E-state index is 0.417. The summed E-state index contributed by atoms with van der Waals surface area (Å²) in [5.41, 5.74) is 4.60. The van der Waals surface area contributed by atoms with Crippen LogP contribution in [0.2, 0.25) is 20.1 Å². The van der Waals surface area contributed by atoms with Gasteiger partial charge in [-0.15, -0.1) is 0 Å². The zero-order chi connectivity index (χ0) is 24.4. The van der Waals surface area contributed by atoms with Crippen LogP contribution in [-0.2, 0) is 13.1 Å². The number of nitrogens with zero attached hydrogens (tertiary/aromatic N) is 4. The zero-order valence-corrected chi connectivity index (χ0v) is 22.1. The molecule has 11 heteroatoms. The maximum atomic E-state index is 6.14. The number of benzene rings is 2. The number of halogens is 4. The summed E-state index contributed by atoms with van der Waals surface area (Å²) >= 11 is 29.8. The molecule has 0 unspecified atom stereocenters. The number of thiocarbonyl (C=S) groups is 1. The molecule has 4 rings (SSSR count). The van der Waals surface area contributed by atoms with Crippen LogP contribution < -0.4 is 10.6 Å². The van der Waals surface area contributed by atoms with Crippen molar-refractivity contribution in [2.45, 2.75) is 26.9 Å².